The summed E-state index contributed by atoms with van der Waals surface area (Å²) in [4.78, 5) is 6.64. The molecule has 25 heavy (non-hydrogen) atoms. The van der Waals surface area contributed by atoms with Crippen LogP contribution in [-0.4, -0.2) is 24.7 Å². The Labute approximate surface area is 148 Å². The molecule has 1 heterocycles. The zero-order valence-electron chi connectivity index (χ0n) is 15.6. The third kappa shape index (κ3) is 3.25. The Morgan fingerprint density at radius 1 is 1.12 bits per heavy atom. The van der Waals surface area contributed by atoms with Crippen LogP contribution in [0.15, 0.2) is 45.8 Å². The van der Waals surface area contributed by atoms with Gasteiger partial charge in [0.1, 0.15) is 0 Å². The van der Waals surface area contributed by atoms with Gasteiger partial charge in [0.2, 0.25) is 0 Å². The highest BCUT2D eigenvalue weighted by molar-refractivity contribution is 5.99. The molecule has 3 aromatic rings. The maximum Gasteiger partial charge on any atom is 0.297 e. The van der Waals surface area contributed by atoms with Gasteiger partial charge >= 0.3 is 0 Å². The fourth-order valence-corrected chi connectivity index (χ4v) is 2.92. The second kappa shape index (κ2) is 6.63. The van der Waals surface area contributed by atoms with Gasteiger partial charge in [-0.05, 0) is 36.9 Å². The molecule has 0 bridgehead atoms. The highest BCUT2D eigenvalue weighted by atomic mass is 16.3. The minimum absolute atomic E-state index is 0.171. The summed E-state index contributed by atoms with van der Waals surface area (Å²) in [6.45, 7) is 8.20. The number of fused-ring (bicyclic) bond motifs is 1. The molecule has 0 aliphatic rings. The standard InChI is InChI=1S/C21H25N3O/c1-14(2)22-21-24(6)15(3)20(25-21)13-16-11-12-19(23(4)5)18-10-8-7-9-17(16)18/h7-14H,3H2,1-2,4-6H3/b20-13+,22-21+. The van der Waals surface area contributed by atoms with Crippen molar-refractivity contribution in [2.24, 2.45) is 12.0 Å². The summed E-state index contributed by atoms with van der Waals surface area (Å²) < 4.78 is 7.85. The molecule has 0 aliphatic carbocycles. The Hall–Kier alpha value is -2.75. The van der Waals surface area contributed by atoms with E-state index < -0.39 is 0 Å². The number of hydrogen-bond donors (Lipinski definition) is 0. The molecule has 4 heteroatoms. The van der Waals surface area contributed by atoms with E-state index in [2.05, 4.69) is 67.0 Å². The number of rotatable bonds is 3. The number of benzene rings is 2. The first kappa shape index (κ1) is 17.1. The second-order valence-electron chi connectivity index (χ2n) is 6.74. The Morgan fingerprint density at radius 3 is 2.44 bits per heavy atom. The van der Waals surface area contributed by atoms with Gasteiger partial charge < -0.3 is 9.32 Å². The predicted molar refractivity (Wildman–Crippen MR) is 105 cm³/mol. The monoisotopic (exact) mass is 335 g/mol. The predicted octanol–water partition coefficient (Wildman–Crippen LogP) is 2.39. The number of anilines is 1. The van der Waals surface area contributed by atoms with E-state index in [1.165, 1.54) is 16.5 Å². The molecule has 0 aliphatic heterocycles. The summed E-state index contributed by atoms with van der Waals surface area (Å²) in [6, 6.07) is 12.8. The first-order valence-electron chi connectivity index (χ1n) is 8.48. The molecular weight excluding hydrogens is 310 g/mol. The molecule has 1 aromatic heterocycles. The molecule has 0 fully saturated rings. The van der Waals surface area contributed by atoms with E-state index in [-0.39, 0.29) is 6.04 Å². The lowest BCUT2D eigenvalue weighted by molar-refractivity contribution is 0.440. The maximum atomic E-state index is 5.95. The van der Waals surface area contributed by atoms with Crippen LogP contribution in [0.2, 0.25) is 0 Å². The topological polar surface area (TPSA) is 33.7 Å². The van der Waals surface area contributed by atoms with Gasteiger partial charge in [0.05, 0.1) is 5.35 Å². The molecule has 0 radical (unpaired) electrons. The van der Waals surface area contributed by atoms with Crippen molar-refractivity contribution in [3.05, 3.63) is 58.4 Å². The maximum absolute atomic E-state index is 5.95. The van der Waals surface area contributed by atoms with Crippen LogP contribution < -0.4 is 21.3 Å². The molecule has 130 valence electrons. The molecule has 0 spiro atoms. The summed E-state index contributed by atoms with van der Waals surface area (Å²) >= 11 is 0. The molecule has 0 atom stereocenters. The lowest BCUT2D eigenvalue weighted by Crippen LogP contribution is -2.29. The van der Waals surface area contributed by atoms with Gasteiger partial charge in [-0.2, -0.15) is 0 Å². The van der Waals surface area contributed by atoms with Crippen molar-refractivity contribution in [3.63, 3.8) is 0 Å². The molecule has 4 nitrogen and oxygen atoms in total. The van der Waals surface area contributed by atoms with Crippen molar-refractivity contribution in [1.82, 2.24) is 4.57 Å². The van der Waals surface area contributed by atoms with E-state index in [0.717, 1.165) is 16.3 Å². The highest BCUT2D eigenvalue weighted by Gasteiger charge is 2.07. The summed E-state index contributed by atoms with van der Waals surface area (Å²) in [5.41, 5.74) is 3.64. The Morgan fingerprint density at radius 2 is 1.80 bits per heavy atom. The summed E-state index contributed by atoms with van der Waals surface area (Å²) in [6.07, 6.45) is 2.05. The molecule has 0 N–H and O–H groups in total. The van der Waals surface area contributed by atoms with Crippen LogP contribution >= 0.6 is 0 Å². The lowest BCUT2D eigenvalue weighted by atomic mass is 10.0. The zero-order chi connectivity index (χ0) is 18.1. The van der Waals surface area contributed by atoms with E-state index in [0.29, 0.717) is 5.68 Å². The van der Waals surface area contributed by atoms with Crippen molar-refractivity contribution in [2.75, 3.05) is 19.0 Å². The van der Waals surface area contributed by atoms with Gasteiger partial charge in [-0.25, -0.2) is 4.99 Å². The van der Waals surface area contributed by atoms with Crippen LogP contribution in [0.4, 0.5) is 5.69 Å². The van der Waals surface area contributed by atoms with E-state index in [9.17, 15) is 0 Å². The van der Waals surface area contributed by atoms with Crippen LogP contribution in [0.25, 0.3) is 23.4 Å². The second-order valence-corrected chi connectivity index (χ2v) is 6.74. The SMILES string of the molecule is C=c1/c(=C\c2ccc(N(C)C)c3ccccc23)o/c(=N/C(C)C)n1C. The highest BCUT2D eigenvalue weighted by Crippen LogP contribution is 2.28. The Balaban J connectivity index is 2.28. The molecule has 2 aromatic carbocycles. The minimum Gasteiger partial charge on any atom is -0.424 e. The van der Waals surface area contributed by atoms with Gasteiger partial charge in [0.25, 0.3) is 5.68 Å². The third-order valence-corrected chi connectivity index (χ3v) is 4.25. The number of nitrogens with zero attached hydrogens (tertiary/aromatic N) is 3. The Kier molecular flexibility index (Phi) is 4.53. The summed E-state index contributed by atoms with van der Waals surface area (Å²) in [7, 11) is 6.05. The average Bonchev–Trinajstić information content (AvgIpc) is 2.82. The first-order valence-corrected chi connectivity index (χ1v) is 8.48. The molecule has 3 rings (SSSR count). The summed E-state index contributed by atoms with van der Waals surface area (Å²) in [5, 5.41) is 3.23. The number of hydrogen-bond acceptors (Lipinski definition) is 3. The lowest BCUT2D eigenvalue weighted by Gasteiger charge is -2.16. The normalized spacial score (nSPS) is 13.2. The average molecular weight is 335 g/mol. The van der Waals surface area contributed by atoms with Crippen molar-refractivity contribution in [2.45, 2.75) is 19.9 Å². The largest absolute Gasteiger partial charge is 0.424 e. The van der Waals surface area contributed by atoms with Gasteiger partial charge in [0, 0.05) is 38.3 Å². The van der Waals surface area contributed by atoms with Crippen molar-refractivity contribution >= 4 is 29.1 Å². The molecule has 0 unspecified atom stereocenters. The van der Waals surface area contributed by atoms with Gasteiger partial charge in [0.15, 0.2) is 5.42 Å². The van der Waals surface area contributed by atoms with E-state index >= 15 is 0 Å². The van der Waals surface area contributed by atoms with Crippen LogP contribution in [0.5, 0.6) is 0 Å². The van der Waals surface area contributed by atoms with Crippen molar-refractivity contribution in [3.8, 4) is 0 Å². The molecule has 0 amide bonds. The van der Waals surface area contributed by atoms with Gasteiger partial charge in [-0.1, -0.05) is 36.9 Å². The van der Waals surface area contributed by atoms with E-state index in [4.69, 9.17) is 4.42 Å². The minimum atomic E-state index is 0.171. The van der Waals surface area contributed by atoms with Gasteiger partial charge in [-0.3, -0.25) is 4.57 Å². The quantitative estimate of drug-likeness (QED) is 0.736. The number of aromatic nitrogens is 1. The van der Waals surface area contributed by atoms with E-state index in [1.54, 1.807) is 0 Å². The summed E-state index contributed by atoms with van der Waals surface area (Å²) in [5.74, 6) is 0. The van der Waals surface area contributed by atoms with Crippen LogP contribution in [0.1, 0.15) is 19.4 Å². The zero-order valence-corrected chi connectivity index (χ0v) is 15.6. The Bertz CT molecular complexity index is 1080. The first-order chi connectivity index (χ1) is 11.9. The van der Waals surface area contributed by atoms with E-state index in [1.807, 2.05) is 31.5 Å². The molecule has 0 saturated heterocycles. The fraction of sp³-hybridized carbons (Fsp3) is 0.286. The van der Waals surface area contributed by atoms with Crippen LogP contribution in [0, 0.1) is 0 Å². The smallest absolute Gasteiger partial charge is 0.297 e. The van der Waals surface area contributed by atoms with Crippen LogP contribution in [0.3, 0.4) is 0 Å². The molecular formula is C21H25N3O. The van der Waals surface area contributed by atoms with Gasteiger partial charge in [-0.15, -0.1) is 0 Å². The van der Waals surface area contributed by atoms with Crippen molar-refractivity contribution in [1.29, 1.82) is 0 Å². The van der Waals surface area contributed by atoms with Crippen LogP contribution in [-0.2, 0) is 7.05 Å². The number of oxazole rings is 1. The van der Waals surface area contributed by atoms with Crippen molar-refractivity contribution < 1.29 is 4.42 Å². The third-order valence-electron chi connectivity index (χ3n) is 4.25. The molecule has 0 saturated carbocycles. The fourth-order valence-electron chi connectivity index (χ4n) is 2.92.